The molecule has 1 fully saturated rings. The van der Waals surface area contributed by atoms with Crippen LogP contribution in [0.15, 0.2) is 66.7 Å². The van der Waals surface area contributed by atoms with Gasteiger partial charge in [0.05, 0.1) is 11.0 Å². The molecule has 3 aliphatic rings. The summed E-state index contributed by atoms with van der Waals surface area (Å²) < 4.78 is 11.2. The van der Waals surface area contributed by atoms with E-state index in [1.807, 2.05) is 41.3 Å². The number of H-pyrrole nitrogens is 1. The average molecular weight is 551 g/mol. The normalized spacial score (nSPS) is 18.2. The smallest absolute Gasteiger partial charge is 0.293 e. The van der Waals surface area contributed by atoms with Crippen molar-refractivity contribution in [2.75, 3.05) is 31.3 Å². The summed E-state index contributed by atoms with van der Waals surface area (Å²) in [5, 5.41) is 13.1. The third kappa shape index (κ3) is 4.47. The van der Waals surface area contributed by atoms with Crippen LogP contribution in [0.4, 0.5) is 11.4 Å². The van der Waals surface area contributed by atoms with Crippen molar-refractivity contribution in [3.63, 3.8) is 0 Å². The third-order valence-electron chi connectivity index (χ3n) is 8.35. The Balaban J connectivity index is 1.27. The molecule has 208 valence electrons. The number of hydrogen-bond donors (Lipinski definition) is 1. The fourth-order valence-electron chi connectivity index (χ4n) is 6.46. The number of piperidine rings is 1. The van der Waals surface area contributed by atoms with E-state index in [1.165, 1.54) is 10.9 Å². The molecule has 9 nitrogen and oxygen atoms in total. The predicted molar refractivity (Wildman–Crippen MR) is 156 cm³/mol. The van der Waals surface area contributed by atoms with Crippen molar-refractivity contribution in [2.45, 2.75) is 31.7 Å². The van der Waals surface area contributed by atoms with Gasteiger partial charge in [-0.05, 0) is 61.1 Å². The van der Waals surface area contributed by atoms with E-state index in [9.17, 15) is 14.9 Å². The first-order valence-corrected chi connectivity index (χ1v) is 14.1. The van der Waals surface area contributed by atoms with Gasteiger partial charge >= 0.3 is 0 Å². The molecule has 41 heavy (non-hydrogen) atoms. The molecule has 1 saturated heterocycles. The minimum atomic E-state index is -0.357. The Morgan fingerprint density at radius 1 is 0.976 bits per heavy atom. The summed E-state index contributed by atoms with van der Waals surface area (Å²) in [4.78, 5) is 33.1. The predicted octanol–water partition coefficient (Wildman–Crippen LogP) is 5.98. The molecule has 9 heteroatoms. The molecule has 3 aliphatic heterocycles. The molecular formula is C32H30N4O5. The molecule has 7 rings (SSSR count). The van der Waals surface area contributed by atoms with Crippen LogP contribution in [0.25, 0.3) is 17.0 Å². The number of carbonyl (C=O) groups is 1. The quantitative estimate of drug-likeness (QED) is 0.186. The van der Waals surface area contributed by atoms with Gasteiger partial charge < -0.3 is 24.3 Å². The number of fused-ring (bicyclic) bond motifs is 4. The average Bonchev–Trinajstić information content (AvgIpc) is 3.63. The van der Waals surface area contributed by atoms with Gasteiger partial charge in [0.25, 0.3) is 5.69 Å². The number of nitro groups is 1. The number of anilines is 1. The van der Waals surface area contributed by atoms with Gasteiger partial charge in [-0.25, -0.2) is 0 Å². The van der Waals surface area contributed by atoms with Gasteiger partial charge in [0.1, 0.15) is 5.69 Å². The summed E-state index contributed by atoms with van der Waals surface area (Å²) in [5.41, 5.74) is 5.50. The third-order valence-corrected chi connectivity index (χ3v) is 8.35. The Kier molecular flexibility index (Phi) is 6.34. The van der Waals surface area contributed by atoms with Gasteiger partial charge in [0.15, 0.2) is 11.5 Å². The summed E-state index contributed by atoms with van der Waals surface area (Å²) in [6.45, 7) is 2.24. The highest BCUT2D eigenvalue weighted by molar-refractivity contribution is 5.95. The lowest BCUT2D eigenvalue weighted by Gasteiger charge is -2.35. The highest BCUT2D eigenvalue weighted by Gasteiger charge is 2.35. The second kappa shape index (κ2) is 10.3. The number of nitro benzene ring substituents is 1. The lowest BCUT2D eigenvalue weighted by molar-refractivity contribution is -0.384. The van der Waals surface area contributed by atoms with E-state index in [-0.39, 0.29) is 29.4 Å². The number of nitrogens with one attached hydrogen (secondary N) is 1. The van der Waals surface area contributed by atoms with Crippen LogP contribution in [0.3, 0.4) is 0 Å². The van der Waals surface area contributed by atoms with Crippen molar-refractivity contribution in [1.29, 1.82) is 0 Å². The standard InChI is InChI=1S/C32H30N4O5/c37-29(14-12-21-7-6-10-26(36(38)39)31(21)34-16-4-1-5-17-34)35-18-15-24-23-8-2-3-9-25(23)33-30(24)32(35)22-11-13-27-28(19-22)41-20-40-27/h2-3,6-14,19,32-33H,1,4-5,15-18,20H2/b14-12+. The van der Waals surface area contributed by atoms with Crippen LogP contribution in [0.5, 0.6) is 11.5 Å². The molecule has 1 atom stereocenters. The van der Waals surface area contributed by atoms with Crippen molar-refractivity contribution in [3.05, 3.63) is 99.2 Å². The number of benzene rings is 3. The Morgan fingerprint density at radius 3 is 2.66 bits per heavy atom. The maximum atomic E-state index is 13.9. The van der Waals surface area contributed by atoms with Crippen LogP contribution >= 0.6 is 0 Å². The number of hydrogen-bond acceptors (Lipinski definition) is 6. The van der Waals surface area contributed by atoms with Gasteiger partial charge in [0.2, 0.25) is 12.7 Å². The molecule has 0 spiro atoms. The largest absolute Gasteiger partial charge is 0.454 e. The second-order valence-electron chi connectivity index (χ2n) is 10.7. The van der Waals surface area contributed by atoms with Gasteiger partial charge in [-0.1, -0.05) is 36.4 Å². The SMILES string of the molecule is O=C(/C=C/c1cccc([N+](=O)[O-])c1N1CCCCC1)N1CCc2c([nH]c3ccccc23)C1c1ccc2c(c1)OCO2. The number of para-hydroxylation sites is 2. The van der Waals surface area contributed by atoms with E-state index in [2.05, 4.69) is 22.0 Å². The minimum Gasteiger partial charge on any atom is -0.454 e. The molecule has 1 aromatic heterocycles. The summed E-state index contributed by atoms with van der Waals surface area (Å²) in [6, 6.07) is 18.8. The molecule has 4 heterocycles. The summed E-state index contributed by atoms with van der Waals surface area (Å²) in [7, 11) is 0. The van der Waals surface area contributed by atoms with E-state index < -0.39 is 0 Å². The summed E-state index contributed by atoms with van der Waals surface area (Å²) >= 11 is 0. The fourth-order valence-corrected chi connectivity index (χ4v) is 6.46. The molecule has 0 saturated carbocycles. The summed E-state index contributed by atoms with van der Waals surface area (Å²) in [6.07, 6.45) is 7.11. The van der Waals surface area contributed by atoms with Crippen LogP contribution in [-0.2, 0) is 11.2 Å². The molecule has 0 bridgehead atoms. The van der Waals surface area contributed by atoms with Crippen LogP contribution in [0.1, 0.15) is 47.7 Å². The van der Waals surface area contributed by atoms with E-state index in [4.69, 9.17) is 9.47 Å². The number of aromatic nitrogens is 1. The number of amides is 1. The monoisotopic (exact) mass is 550 g/mol. The summed E-state index contributed by atoms with van der Waals surface area (Å²) in [5.74, 6) is 1.19. The maximum absolute atomic E-state index is 13.9. The van der Waals surface area contributed by atoms with Crippen LogP contribution < -0.4 is 14.4 Å². The Morgan fingerprint density at radius 2 is 1.80 bits per heavy atom. The molecule has 0 aliphatic carbocycles. The molecule has 1 amide bonds. The lowest BCUT2D eigenvalue weighted by Crippen LogP contribution is -2.39. The van der Waals surface area contributed by atoms with Crippen molar-refractivity contribution >= 4 is 34.3 Å². The van der Waals surface area contributed by atoms with E-state index in [0.29, 0.717) is 29.3 Å². The van der Waals surface area contributed by atoms with E-state index in [0.717, 1.165) is 55.5 Å². The van der Waals surface area contributed by atoms with Gasteiger partial charge in [0, 0.05) is 53.9 Å². The topological polar surface area (TPSA) is 101 Å². The molecule has 1 unspecified atom stereocenters. The molecule has 1 N–H and O–H groups in total. The number of rotatable bonds is 5. The fraction of sp³-hybridized carbons (Fsp3) is 0.281. The van der Waals surface area contributed by atoms with Crippen LogP contribution in [0.2, 0.25) is 0 Å². The van der Waals surface area contributed by atoms with Gasteiger partial charge in [-0.15, -0.1) is 0 Å². The van der Waals surface area contributed by atoms with E-state index in [1.54, 1.807) is 24.3 Å². The molecular weight excluding hydrogens is 520 g/mol. The van der Waals surface area contributed by atoms with E-state index >= 15 is 0 Å². The van der Waals surface area contributed by atoms with Gasteiger partial charge in [-0.2, -0.15) is 0 Å². The van der Waals surface area contributed by atoms with Crippen molar-refractivity contribution in [1.82, 2.24) is 9.88 Å². The molecule has 4 aromatic rings. The van der Waals surface area contributed by atoms with Gasteiger partial charge in [-0.3, -0.25) is 14.9 Å². The molecule has 0 radical (unpaired) electrons. The minimum absolute atomic E-state index is 0.0698. The highest BCUT2D eigenvalue weighted by Crippen LogP contribution is 2.42. The highest BCUT2D eigenvalue weighted by atomic mass is 16.7. The Hall–Kier alpha value is -4.79. The van der Waals surface area contributed by atoms with Crippen LogP contribution in [0, 0.1) is 10.1 Å². The first-order valence-electron chi connectivity index (χ1n) is 14.1. The second-order valence-corrected chi connectivity index (χ2v) is 10.7. The Bertz CT molecular complexity index is 1690. The molecule has 3 aromatic carbocycles. The Labute approximate surface area is 237 Å². The number of aromatic amines is 1. The van der Waals surface area contributed by atoms with Crippen LogP contribution in [-0.4, -0.2) is 47.1 Å². The van der Waals surface area contributed by atoms with Crippen molar-refractivity contribution in [3.8, 4) is 11.5 Å². The first-order chi connectivity index (χ1) is 20.1. The lowest BCUT2D eigenvalue weighted by atomic mass is 9.92. The zero-order valence-corrected chi connectivity index (χ0v) is 22.5. The zero-order valence-electron chi connectivity index (χ0n) is 22.5. The number of nitrogens with zero attached hydrogens (tertiary/aromatic N) is 3. The maximum Gasteiger partial charge on any atom is 0.293 e. The van der Waals surface area contributed by atoms with Crippen molar-refractivity contribution in [2.24, 2.45) is 0 Å². The number of carbonyl (C=O) groups excluding carboxylic acids is 1. The zero-order chi connectivity index (χ0) is 27.9. The van der Waals surface area contributed by atoms with Crippen molar-refractivity contribution < 1.29 is 19.2 Å². The number of ether oxygens (including phenoxy) is 2. The first kappa shape index (κ1) is 25.2.